The van der Waals surface area contributed by atoms with Gasteiger partial charge in [-0.2, -0.15) is 0 Å². The molecule has 2 atom stereocenters. The third kappa shape index (κ3) is 3.88. The molecule has 0 aliphatic carbocycles. The highest BCUT2D eigenvalue weighted by molar-refractivity contribution is 5.80. The van der Waals surface area contributed by atoms with Crippen molar-refractivity contribution in [1.29, 1.82) is 0 Å². The average Bonchev–Trinajstić information content (AvgIpc) is 3.30. The van der Waals surface area contributed by atoms with Crippen molar-refractivity contribution in [3.8, 4) is 0 Å². The largest absolute Gasteiger partial charge is 0.438 e. The third-order valence-electron chi connectivity index (χ3n) is 4.92. The first-order valence-corrected chi connectivity index (χ1v) is 9.20. The van der Waals surface area contributed by atoms with Crippen LogP contribution < -0.4 is 0 Å². The lowest BCUT2D eigenvalue weighted by molar-refractivity contribution is -0.157. The molecule has 26 heavy (non-hydrogen) atoms. The van der Waals surface area contributed by atoms with Crippen molar-refractivity contribution in [3.05, 3.63) is 30.2 Å². The number of nitrogens with zero attached hydrogens (tertiary/aromatic N) is 3. The summed E-state index contributed by atoms with van der Waals surface area (Å²) in [6.45, 7) is 2.70. The minimum Gasteiger partial charge on any atom is -0.438 e. The Kier molecular flexibility index (Phi) is 5.88. The molecule has 1 aliphatic rings. The monoisotopic (exact) mass is 359 g/mol. The van der Waals surface area contributed by atoms with Gasteiger partial charge < -0.3 is 9.32 Å². The summed E-state index contributed by atoms with van der Waals surface area (Å²) in [6, 6.07) is 7.36. The van der Waals surface area contributed by atoms with E-state index in [4.69, 9.17) is 4.42 Å². The number of aromatic nitrogens is 1. The van der Waals surface area contributed by atoms with Crippen LogP contribution in [-0.4, -0.2) is 45.6 Å². The molecule has 1 saturated heterocycles. The second kappa shape index (κ2) is 8.31. The molecule has 140 valence electrons. The fourth-order valence-electron chi connectivity index (χ4n) is 3.57. The van der Waals surface area contributed by atoms with E-state index >= 15 is 0 Å². The average molecular weight is 359 g/mol. The zero-order valence-corrected chi connectivity index (χ0v) is 15.0. The van der Waals surface area contributed by atoms with Crippen molar-refractivity contribution < 1.29 is 19.2 Å². The Hall–Kier alpha value is -2.41. The zero-order chi connectivity index (χ0) is 18.5. The number of unbranched alkanes of at least 4 members (excludes halogenated alkanes) is 1. The minimum atomic E-state index is -0.421. The van der Waals surface area contributed by atoms with E-state index in [9.17, 15) is 14.8 Å². The van der Waals surface area contributed by atoms with Gasteiger partial charge in [-0.15, -0.1) is 0 Å². The molecule has 0 unspecified atom stereocenters. The Balaban J connectivity index is 1.80. The number of hydroxylamine groups is 2. The van der Waals surface area contributed by atoms with Crippen LogP contribution in [0.2, 0.25) is 0 Å². The summed E-state index contributed by atoms with van der Waals surface area (Å²) in [4.78, 5) is 30.2. The SMILES string of the molecule is CCCC[C@@H](CN(O)C=O)C(=O)N1CCC[C@H]1c1nc2ccccc2o1. The molecule has 2 amide bonds. The van der Waals surface area contributed by atoms with Gasteiger partial charge in [0.1, 0.15) is 11.6 Å². The molecule has 1 aromatic carbocycles. The lowest BCUT2D eigenvalue weighted by Crippen LogP contribution is -2.40. The molecule has 1 fully saturated rings. The van der Waals surface area contributed by atoms with E-state index in [2.05, 4.69) is 11.9 Å². The molecule has 2 aromatic rings. The summed E-state index contributed by atoms with van der Waals surface area (Å²) in [6.07, 6.45) is 4.47. The van der Waals surface area contributed by atoms with Crippen LogP contribution in [0.25, 0.3) is 11.1 Å². The number of hydrogen-bond donors (Lipinski definition) is 1. The number of hydrogen-bond acceptors (Lipinski definition) is 5. The lowest BCUT2D eigenvalue weighted by atomic mass is 9.99. The fourth-order valence-corrected chi connectivity index (χ4v) is 3.57. The highest BCUT2D eigenvalue weighted by Crippen LogP contribution is 2.34. The predicted octanol–water partition coefficient (Wildman–Crippen LogP) is 3.15. The quantitative estimate of drug-likeness (QED) is 0.444. The molecule has 7 nitrogen and oxygen atoms in total. The zero-order valence-electron chi connectivity index (χ0n) is 15.0. The molecule has 1 N–H and O–H groups in total. The Morgan fingerprint density at radius 1 is 1.50 bits per heavy atom. The normalized spacial score (nSPS) is 18.2. The number of carbonyl (C=O) groups is 2. The number of fused-ring (bicyclic) bond motifs is 1. The maximum absolute atomic E-state index is 13.1. The molecular formula is C19H25N3O4. The van der Waals surface area contributed by atoms with Gasteiger partial charge in [-0.05, 0) is 31.4 Å². The van der Waals surface area contributed by atoms with Crippen LogP contribution in [0.4, 0.5) is 0 Å². The van der Waals surface area contributed by atoms with E-state index in [-0.39, 0.29) is 18.5 Å². The summed E-state index contributed by atoms with van der Waals surface area (Å²) >= 11 is 0. The highest BCUT2D eigenvalue weighted by Gasteiger charge is 2.36. The van der Waals surface area contributed by atoms with Gasteiger partial charge in [-0.25, -0.2) is 10.0 Å². The van der Waals surface area contributed by atoms with E-state index in [0.29, 0.717) is 35.9 Å². The Labute approximate surface area is 152 Å². The first-order chi connectivity index (χ1) is 12.6. The summed E-state index contributed by atoms with van der Waals surface area (Å²) in [5.74, 6) is 0.0850. The molecule has 3 rings (SSSR count). The van der Waals surface area contributed by atoms with Crippen LogP contribution in [-0.2, 0) is 9.59 Å². The predicted molar refractivity (Wildman–Crippen MR) is 95.3 cm³/mol. The van der Waals surface area contributed by atoms with E-state index < -0.39 is 5.92 Å². The van der Waals surface area contributed by atoms with Crippen molar-refractivity contribution in [2.45, 2.75) is 45.1 Å². The van der Waals surface area contributed by atoms with Crippen LogP contribution in [0, 0.1) is 5.92 Å². The first kappa shape index (κ1) is 18.4. The maximum Gasteiger partial charge on any atom is 0.233 e. The van der Waals surface area contributed by atoms with E-state index in [1.165, 1.54) is 0 Å². The molecule has 7 heteroatoms. The highest BCUT2D eigenvalue weighted by atomic mass is 16.5. The van der Waals surface area contributed by atoms with Gasteiger partial charge in [0.2, 0.25) is 18.2 Å². The minimum absolute atomic E-state index is 0.0130. The third-order valence-corrected chi connectivity index (χ3v) is 4.92. The smallest absolute Gasteiger partial charge is 0.233 e. The van der Waals surface area contributed by atoms with Crippen LogP contribution >= 0.6 is 0 Å². The van der Waals surface area contributed by atoms with E-state index in [0.717, 1.165) is 31.2 Å². The number of benzene rings is 1. The van der Waals surface area contributed by atoms with Gasteiger partial charge in [0, 0.05) is 6.54 Å². The second-order valence-corrected chi connectivity index (χ2v) is 6.78. The van der Waals surface area contributed by atoms with Crippen molar-refractivity contribution in [2.24, 2.45) is 5.92 Å². The molecular weight excluding hydrogens is 334 g/mol. The number of rotatable bonds is 8. The number of amides is 2. The Morgan fingerprint density at radius 2 is 2.31 bits per heavy atom. The second-order valence-electron chi connectivity index (χ2n) is 6.78. The van der Waals surface area contributed by atoms with E-state index in [1.54, 1.807) is 4.90 Å². The van der Waals surface area contributed by atoms with Crippen molar-refractivity contribution in [3.63, 3.8) is 0 Å². The topological polar surface area (TPSA) is 86.9 Å². The molecule has 0 radical (unpaired) electrons. The summed E-state index contributed by atoms with van der Waals surface area (Å²) in [5, 5.41) is 10.1. The summed E-state index contributed by atoms with van der Waals surface area (Å²) in [7, 11) is 0. The van der Waals surface area contributed by atoms with Gasteiger partial charge in [-0.3, -0.25) is 14.8 Å². The Bertz CT molecular complexity index is 727. The lowest BCUT2D eigenvalue weighted by Gasteiger charge is -2.28. The number of oxazole rings is 1. The van der Waals surface area contributed by atoms with E-state index in [1.807, 2.05) is 24.3 Å². The van der Waals surface area contributed by atoms with Gasteiger partial charge in [0.25, 0.3) is 0 Å². The maximum atomic E-state index is 13.1. The molecule has 1 aromatic heterocycles. The fraction of sp³-hybridized carbons (Fsp3) is 0.526. The number of carbonyl (C=O) groups excluding carboxylic acids is 2. The molecule has 0 saturated carbocycles. The van der Waals surface area contributed by atoms with Gasteiger partial charge in [0.05, 0.1) is 12.5 Å². The molecule has 2 heterocycles. The molecule has 1 aliphatic heterocycles. The number of likely N-dealkylation sites (tertiary alicyclic amines) is 1. The van der Waals surface area contributed by atoms with Crippen molar-refractivity contribution in [1.82, 2.24) is 14.9 Å². The molecule has 0 bridgehead atoms. The van der Waals surface area contributed by atoms with Crippen molar-refractivity contribution >= 4 is 23.4 Å². The number of para-hydroxylation sites is 2. The summed E-state index contributed by atoms with van der Waals surface area (Å²) in [5.41, 5.74) is 1.50. The first-order valence-electron chi connectivity index (χ1n) is 9.20. The molecule has 0 spiro atoms. The van der Waals surface area contributed by atoms with Crippen LogP contribution in [0.5, 0.6) is 0 Å². The van der Waals surface area contributed by atoms with Gasteiger partial charge in [-0.1, -0.05) is 31.9 Å². The Morgan fingerprint density at radius 3 is 3.04 bits per heavy atom. The van der Waals surface area contributed by atoms with Crippen LogP contribution in [0.15, 0.2) is 28.7 Å². The van der Waals surface area contributed by atoms with Crippen LogP contribution in [0.3, 0.4) is 0 Å². The van der Waals surface area contributed by atoms with Gasteiger partial charge in [0.15, 0.2) is 5.58 Å². The van der Waals surface area contributed by atoms with Crippen molar-refractivity contribution in [2.75, 3.05) is 13.1 Å². The summed E-state index contributed by atoms with van der Waals surface area (Å²) < 4.78 is 5.87. The van der Waals surface area contributed by atoms with Gasteiger partial charge >= 0.3 is 0 Å². The van der Waals surface area contributed by atoms with Crippen LogP contribution in [0.1, 0.15) is 51.0 Å². The standard InChI is InChI=1S/C19H25N3O4/c1-2-3-7-14(12-21(25)13-23)19(24)22-11-6-9-16(22)18-20-15-8-4-5-10-17(15)26-18/h4-5,8,10,13-14,16,25H,2-3,6-7,9,11-12H2,1H3/t14-,16-/m0/s1.